The molecular formula is C53H32Cl2N2O4P2Ru+4. The number of rotatable bonds is 7. The van der Waals surface area contributed by atoms with Crippen molar-refractivity contribution in [2.24, 2.45) is 11.5 Å². The average molecular weight is 995 g/mol. The van der Waals surface area contributed by atoms with Gasteiger partial charge in [0, 0.05) is 77.0 Å². The van der Waals surface area contributed by atoms with Crippen LogP contribution in [0.4, 0.5) is 0 Å². The van der Waals surface area contributed by atoms with Crippen molar-refractivity contribution in [3.63, 3.8) is 0 Å². The van der Waals surface area contributed by atoms with Crippen LogP contribution in [0.15, 0.2) is 84.9 Å². The van der Waals surface area contributed by atoms with Crippen LogP contribution >= 0.6 is 35.2 Å². The molecule has 0 amide bonds. The third kappa shape index (κ3) is 15.0. The van der Waals surface area contributed by atoms with Crippen LogP contribution in [0.3, 0.4) is 0 Å². The van der Waals surface area contributed by atoms with E-state index in [1.54, 1.807) is 0 Å². The van der Waals surface area contributed by atoms with Gasteiger partial charge in [0.2, 0.25) is 13.6 Å². The molecule has 306 valence electrons. The van der Waals surface area contributed by atoms with Gasteiger partial charge >= 0.3 is 34.5 Å². The topological polar surface area (TPSA) is 89.0 Å². The van der Waals surface area contributed by atoms with Gasteiger partial charge in [-0.15, -0.1) is 25.7 Å². The Bertz CT molecular complexity index is 2730. The summed E-state index contributed by atoms with van der Waals surface area (Å²) in [6.07, 6.45) is 21.4. The van der Waals surface area contributed by atoms with Gasteiger partial charge in [0.1, 0.15) is 33.3 Å². The zero-order chi connectivity index (χ0) is 45.8. The van der Waals surface area contributed by atoms with Crippen molar-refractivity contribution in [3.05, 3.63) is 107 Å². The first-order valence-electron chi connectivity index (χ1n) is 18.3. The fourth-order valence-corrected chi connectivity index (χ4v) is 8.72. The summed E-state index contributed by atoms with van der Waals surface area (Å²) in [4.78, 5) is 0. The van der Waals surface area contributed by atoms with E-state index in [0.717, 1.165) is 32.9 Å². The number of hydrogen-bond donors (Lipinski definition) is 2. The molecule has 0 radical (unpaired) electrons. The number of fused-ring (bicyclic) bond motifs is 2. The minimum atomic E-state index is -1.93. The predicted octanol–water partition coefficient (Wildman–Crippen LogP) is 6.57. The fraction of sp³-hybridized carbons (Fsp3) is 0.0943. The molecule has 4 aromatic carbocycles. The Balaban J connectivity index is 0.000000390. The molecule has 0 aromatic heterocycles. The first-order valence-corrected chi connectivity index (χ1v) is 25.8. The number of benzene rings is 4. The van der Waals surface area contributed by atoms with Gasteiger partial charge in [0.25, 0.3) is 0 Å². The van der Waals surface area contributed by atoms with Crippen LogP contribution in [0.5, 0.6) is 23.0 Å². The van der Waals surface area contributed by atoms with Crippen molar-refractivity contribution >= 4 is 45.8 Å². The molecule has 6 nitrogen and oxygen atoms in total. The Hall–Kier alpha value is -7.22. The van der Waals surface area contributed by atoms with Crippen molar-refractivity contribution in [1.29, 1.82) is 0 Å². The minimum absolute atomic E-state index is 0.0551. The van der Waals surface area contributed by atoms with E-state index in [1.165, 1.54) is 0 Å². The molecule has 4 N–H and O–H groups in total. The quantitative estimate of drug-likeness (QED) is 0.124. The van der Waals surface area contributed by atoms with E-state index in [0.29, 0.717) is 29.4 Å². The normalized spacial score (nSPS) is 10.7. The molecule has 2 aliphatic rings. The molecule has 2 atom stereocenters. The average Bonchev–Trinajstić information content (AvgIpc) is 4.03. The number of hydrogen-bond acceptors (Lipinski definition) is 6. The summed E-state index contributed by atoms with van der Waals surface area (Å²) in [5, 5.41) is 1.67. The van der Waals surface area contributed by atoms with Crippen LogP contribution in [0.2, 0.25) is 0 Å². The van der Waals surface area contributed by atoms with Crippen molar-refractivity contribution < 1.29 is 34.1 Å². The second kappa shape index (κ2) is 28.4. The van der Waals surface area contributed by atoms with E-state index < -0.39 is 15.8 Å². The second-order valence-corrected chi connectivity index (χ2v) is 18.3. The van der Waals surface area contributed by atoms with E-state index in [4.69, 9.17) is 75.5 Å². The zero-order valence-corrected chi connectivity index (χ0v) is 38.8. The van der Waals surface area contributed by atoms with Crippen molar-refractivity contribution in [1.82, 2.24) is 0 Å². The first-order chi connectivity index (χ1) is 31.4. The van der Waals surface area contributed by atoms with Gasteiger partial charge in [-0.05, 0) is 82.8 Å². The second-order valence-electron chi connectivity index (χ2n) is 12.1. The Kier molecular flexibility index (Phi) is 21.9. The van der Waals surface area contributed by atoms with E-state index in [1.807, 2.05) is 84.9 Å². The Labute approximate surface area is 394 Å². The monoisotopic (exact) mass is 994 g/mol. The molecule has 2 unspecified atom stereocenters. The van der Waals surface area contributed by atoms with Gasteiger partial charge in [-0.2, -0.15) is 0 Å². The number of terminal acetylenes is 4. The van der Waals surface area contributed by atoms with Gasteiger partial charge in [-0.1, -0.05) is 60.7 Å². The molecule has 11 heteroatoms. The van der Waals surface area contributed by atoms with Crippen LogP contribution in [0.1, 0.15) is 34.3 Å². The number of ether oxygens (including phenoxy) is 4. The predicted molar refractivity (Wildman–Crippen MR) is 260 cm³/mol. The van der Waals surface area contributed by atoms with Crippen LogP contribution in [0, 0.1) is 143 Å². The van der Waals surface area contributed by atoms with Crippen LogP contribution < -0.4 is 41.0 Å². The maximum atomic E-state index is 6.15. The van der Waals surface area contributed by atoms with Crippen LogP contribution in [-0.4, -0.2) is 13.6 Å². The number of nitrogens with two attached hydrogens (primary N) is 2. The van der Waals surface area contributed by atoms with Gasteiger partial charge in [-0.25, -0.2) is 0 Å². The Morgan fingerprint density at radius 2 is 0.812 bits per heavy atom. The molecular weight excluding hydrogens is 963 g/mol. The zero-order valence-electron chi connectivity index (χ0n) is 33.6. The van der Waals surface area contributed by atoms with Crippen molar-refractivity contribution in [3.8, 4) is 166 Å². The van der Waals surface area contributed by atoms with Gasteiger partial charge in [-0.3, -0.25) is 0 Å². The van der Waals surface area contributed by atoms with Crippen molar-refractivity contribution in [2.45, 2.75) is 18.5 Å². The van der Waals surface area contributed by atoms with Crippen LogP contribution in [0.25, 0.3) is 0 Å². The summed E-state index contributed by atoms with van der Waals surface area (Å²) in [6, 6.07) is 27.1. The summed E-state index contributed by atoms with van der Waals surface area (Å²) in [6.45, 7) is 0.110. The summed E-state index contributed by atoms with van der Waals surface area (Å²) in [5.41, 5.74) is 28.7. The molecule has 0 fully saturated rings. The SMILES string of the molecule is C#CC#CC#C[PH+](C#CC#CC#C)c1ccc2c(c1Cc1c([PH+](C#CC#CC#C)C#CC#CC#C)ccc3c1OCO3)OCO2.NC(c1ccccc1)C(N)c1ccccc1.[Cl][Ru+2][Cl]. The van der Waals surface area contributed by atoms with Crippen LogP contribution in [-0.2, 0) is 21.6 Å². The third-order valence-electron chi connectivity index (χ3n) is 8.47. The molecule has 0 spiro atoms. The molecule has 0 bridgehead atoms. The summed E-state index contributed by atoms with van der Waals surface area (Å²) >= 11 is -0.346. The fourth-order valence-electron chi connectivity index (χ4n) is 5.80. The van der Waals surface area contributed by atoms with Gasteiger partial charge < -0.3 is 30.4 Å². The standard InChI is InChI=1S/C39H14O4P2.C14H16N2.2ClH.Ru/c1-5-9-13-17-25-44(26-18-14-10-6-2)36-23-21-34-38(42-30-40-34)32(36)29-33-37(24-22-35-39(33)43-31-41-35)45(27-19-15-11-7-3)28-20-16-12-8-4;15-13(11-7-3-1-4-8-11)14(16)12-9-5-2-6-10-12;;;/h1-4,21-24H,29-31H2;1-10,13-14H,15-16H2;2*1H;/q;;;;+4. The molecule has 4 aromatic rings. The Morgan fingerprint density at radius 1 is 0.484 bits per heavy atom. The molecule has 6 rings (SSSR count). The van der Waals surface area contributed by atoms with E-state index in [-0.39, 0.29) is 40.8 Å². The molecule has 0 saturated heterocycles. The van der Waals surface area contributed by atoms with E-state index in [2.05, 4.69) is 117 Å². The summed E-state index contributed by atoms with van der Waals surface area (Å²) in [7, 11) is 5.84. The van der Waals surface area contributed by atoms with Gasteiger partial charge in [0.15, 0.2) is 38.8 Å². The van der Waals surface area contributed by atoms with E-state index >= 15 is 0 Å². The molecule has 0 saturated carbocycles. The van der Waals surface area contributed by atoms with E-state index in [9.17, 15) is 0 Å². The molecule has 0 aliphatic carbocycles. The molecule has 64 heavy (non-hydrogen) atoms. The third-order valence-corrected chi connectivity index (χ3v) is 12.0. The summed E-state index contributed by atoms with van der Waals surface area (Å²) < 4.78 is 23.4. The van der Waals surface area contributed by atoms with Gasteiger partial charge in [0.05, 0.1) is 0 Å². The first kappa shape index (κ1) is 49.4. The molecule has 2 aliphatic heterocycles. The maximum absolute atomic E-state index is 6.15. The molecule has 2 heterocycles. The summed E-state index contributed by atoms with van der Waals surface area (Å²) in [5.74, 6) is 43.2. The number of halogens is 2. The van der Waals surface area contributed by atoms with Crippen molar-refractivity contribution in [2.75, 3.05) is 13.6 Å². The Morgan fingerprint density at radius 3 is 1.12 bits per heavy atom.